The fraction of sp³-hybridized carbons (Fsp3) is 1.00. The predicted molar refractivity (Wildman–Crippen MR) is 41.1 cm³/mol. The molecule has 0 heterocycles. The Kier molecular flexibility index (Phi) is 5.84. The van der Waals surface area contributed by atoms with Gasteiger partial charge >= 0.3 is 0 Å². The van der Waals surface area contributed by atoms with Crippen LogP contribution >= 0.6 is 0 Å². The summed E-state index contributed by atoms with van der Waals surface area (Å²) in [5.74, 6) is 0. The van der Waals surface area contributed by atoms with Crippen LogP contribution in [-0.4, -0.2) is 48.4 Å². The van der Waals surface area contributed by atoms with Crippen molar-refractivity contribution in [3.8, 4) is 0 Å². The SMILES string of the molecule is CC[N+](C)(C)CC(C)O.[OH-]. The van der Waals surface area contributed by atoms with E-state index < -0.39 is 0 Å². The summed E-state index contributed by atoms with van der Waals surface area (Å²) in [4.78, 5) is 0. The number of aliphatic hydroxyl groups is 1. The molecule has 0 spiro atoms. The summed E-state index contributed by atoms with van der Waals surface area (Å²) in [6, 6.07) is 0. The van der Waals surface area contributed by atoms with Crippen LogP contribution in [0.2, 0.25) is 0 Å². The largest absolute Gasteiger partial charge is 0.870 e. The van der Waals surface area contributed by atoms with Crippen molar-refractivity contribution in [1.82, 2.24) is 0 Å². The molecule has 10 heavy (non-hydrogen) atoms. The normalized spacial score (nSPS) is 14.1. The van der Waals surface area contributed by atoms with Gasteiger partial charge in [0.1, 0.15) is 12.6 Å². The van der Waals surface area contributed by atoms with Crippen molar-refractivity contribution in [1.29, 1.82) is 0 Å². The Morgan fingerprint density at radius 1 is 1.40 bits per heavy atom. The van der Waals surface area contributed by atoms with Crippen LogP contribution in [0, 0.1) is 0 Å². The predicted octanol–water partition coefficient (Wildman–Crippen LogP) is 0.287. The lowest BCUT2D eigenvalue weighted by atomic mass is 10.3. The smallest absolute Gasteiger partial charge is 0.104 e. The number of aliphatic hydroxyl groups excluding tert-OH is 1. The minimum absolute atomic E-state index is 0. The summed E-state index contributed by atoms with van der Waals surface area (Å²) < 4.78 is 0.900. The average molecular weight is 149 g/mol. The van der Waals surface area contributed by atoms with Crippen molar-refractivity contribution < 1.29 is 15.1 Å². The maximum Gasteiger partial charge on any atom is 0.104 e. The third-order valence-corrected chi connectivity index (χ3v) is 1.61. The van der Waals surface area contributed by atoms with Crippen molar-refractivity contribution >= 4 is 0 Å². The Bertz CT molecular complexity index is 81.7. The monoisotopic (exact) mass is 149 g/mol. The van der Waals surface area contributed by atoms with Gasteiger partial charge in [0, 0.05) is 0 Å². The van der Waals surface area contributed by atoms with Gasteiger partial charge in [0.15, 0.2) is 0 Å². The summed E-state index contributed by atoms with van der Waals surface area (Å²) in [6.45, 7) is 5.87. The molecule has 0 radical (unpaired) electrons. The molecule has 0 aromatic heterocycles. The van der Waals surface area contributed by atoms with E-state index in [4.69, 9.17) is 5.11 Å². The fourth-order valence-corrected chi connectivity index (χ4v) is 0.844. The van der Waals surface area contributed by atoms with Crippen LogP contribution in [0.15, 0.2) is 0 Å². The zero-order valence-corrected chi connectivity index (χ0v) is 7.33. The molecule has 0 fully saturated rings. The van der Waals surface area contributed by atoms with E-state index >= 15 is 0 Å². The maximum atomic E-state index is 9.00. The third-order valence-electron chi connectivity index (χ3n) is 1.61. The Morgan fingerprint density at radius 2 is 1.80 bits per heavy atom. The molecule has 0 aliphatic carbocycles. The topological polar surface area (TPSA) is 50.2 Å². The molecule has 0 aromatic carbocycles. The molecular formula is C7H19NO2. The molecule has 64 valence electrons. The van der Waals surface area contributed by atoms with Crippen LogP contribution in [0.25, 0.3) is 0 Å². The zero-order valence-electron chi connectivity index (χ0n) is 7.33. The van der Waals surface area contributed by atoms with Gasteiger partial charge in [-0.25, -0.2) is 0 Å². The lowest BCUT2D eigenvalue weighted by Gasteiger charge is -2.29. The molecule has 0 saturated heterocycles. The molecule has 0 aliphatic rings. The first kappa shape index (κ1) is 12.5. The standard InChI is InChI=1S/C7H18NO.H2O/c1-5-8(3,4)6-7(2)9;/h7,9H,5-6H2,1-4H3;1H2/q+1;/p-1. The average Bonchev–Trinajstić information content (AvgIpc) is 1.63. The maximum absolute atomic E-state index is 9.00. The van der Waals surface area contributed by atoms with Gasteiger partial charge in [0.25, 0.3) is 0 Å². The fourth-order valence-electron chi connectivity index (χ4n) is 0.844. The summed E-state index contributed by atoms with van der Waals surface area (Å²) >= 11 is 0. The number of likely N-dealkylation sites (N-methyl/N-ethyl adjacent to an activating group) is 1. The van der Waals surface area contributed by atoms with E-state index in [9.17, 15) is 0 Å². The first-order valence-corrected chi connectivity index (χ1v) is 3.48. The molecule has 3 heteroatoms. The molecule has 0 aromatic rings. The molecule has 0 bridgehead atoms. The highest BCUT2D eigenvalue weighted by Gasteiger charge is 2.13. The Labute approximate surface area is 63.2 Å². The second-order valence-corrected chi connectivity index (χ2v) is 3.28. The Morgan fingerprint density at radius 3 is 1.90 bits per heavy atom. The lowest BCUT2D eigenvalue weighted by molar-refractivity contribution is -0.891. The van der Waals surface area contributed by atoms with Crippen molar-refractivity contribution in [2.24, 2.45) is 0 Å². The number of rotatable bonds is 3. The van der Waals surface area contributed by atoms with E-state index in [0.717, 1.165) is 17.6 Å². The van der Waals surface area contributed by atoms with Crippen LogP contribution in [0.3, 0.4) is 0 Å². The van der Waals surface area contributed by atoms with E-state index in [1.807, 2.05) is 6.92 Å². The number of hydrogen-bond acceptors (Lipinski definition) is 2. The first-order chi connectivity index (χ1) is 3.98. The van der Waals surface area contributed by atoms with E-state index in [0.29, 0.717) is 0 Å². The highest BCUT2D eigenvalue weighted by Crippen LogP contribution is 1.97. The second-order valence-electron chi connectivity index (χ2n) is 3.28. The molecule has 0 rings (SSSR count). The van der Waals surface area contributed by atoms with Crippen molar-refractivity contribution in [2.75, 3.05) is 27.2 Å². The molecule has 1 atom stereocenters. The highest BCUT2D eigenvalue weighted by atomic mass is 16.3. The van der Waals surface area contributed by atoms with E-state index in [1.165, 1.54) is 0 Å². The summed E-state index contributed by atoms with van der Waals surface area (Å²) in [5.41, 5.74) is 0. The van der Waals surface area contributed by atoms with Gasteiger partial charge in [-0.1, -0.05) is 0 Å². The summed E-state index contributed by atoms with van der Waals surface area (Å²) in [6.07, 6.45) is -0.181. The summed E-state index contributed by atoms with van der Waals surface area (Å²) in [5, 5.41) is 9.00. The van der Waals surface area contributed by atoms with Gasteiger partial charge in [-0.15, -0.1) is 0 Å². The lowest BCUT2D eigenvalue weighted by Crippen LogP contribution is -2.44. The van der Waals surface area contributed by atoms with Crippen LogP contribution in [0.5, 0.6) is 0 Å². The molecule has 0 saturated carbocycles. The van der Waals surface area contributed by atoms with Gasteiger partial charge in [0.2, 0.25) is 0 Å². The van der Waals surface area contributed by atoms with Gasteiger partial charge in [0.05, 0.1) is 20.6 Å². The molecule has 2 N–H and O–H groups in total. The second kappa shape index (κ2) is 4.66. The third kappa shape index (κ3) is 6.01. The van der Waals surface area contributed by atoms with Crippen LogP contribution in [0.4, 0.5) is 0 Å². The Hall–Kier alpha value is -0.120. The minimum atomic E-state index is -0.181. The molecule has 0 aliphatic heterocycles. The van der Waals surface area contributed by atoms with E-state index in [-0.39, 0.29) is 11.6 Å². The van der Waals surface area contributed by atoms with Crippen molar-refractivity contribution in [2.45, 2.75) is 20.0 Å². The van der Waals surface area contributed by atoms with Gasteiger partial charge in [-0.2, -0.15) is 0 Å². The van der Waals surface area contributed by atoms with Crippen molar-refractivity contribution in [3.63, 3.8) is 0 Å². The highest BCUT2D eigenvalue weighted by molar-refractivity contribution is 4.41. The summed E-state index contributed by atoms with van der Waals surface area (Å²) in [7, 11) is 4.24. The van der Waals surface area contributed by atoms with Crippen LogP contribution < -0.4 is 0 Å². The molecular weight excluding hydrogens is 130 g/mol. The van der Waals surface area contributed by atoms with E-state index in [2.05, 4.69) is 21.0 Å². The van der Waals surface area contributed by atoms with Crippen LogP contribution in [-0.2, 0) is 0 Å². The number of hydrogen-bond donors (Lipinski definition) is 1. The molecule has 1 unspecified atom stereocenters. The van der Waals surface area contributed by atoms with Gasteiger partial charge in [-0.05, 0) is 13.8 Å². The number of nitrogens with zero attached hydrogens (tertiary/aromatic N) is 1. The van der Waals surface area contributed by atoms with Crippen LogP contribution in [0.1, 0.15) is 13.8 Å². The molecule has 0 amide bonds. The van der Waals surface area contributed by atoms with Crippen molar-refractivity contribution in [3.05, 3.63) is 0 Å². The minimum Gasteiger partial charge on any atom is -0.870 e. The number of quaternary nitrogens is 1. The van der Waals surface area contributed by atoms with Gasteiger partial charge in [-0.3, -0.25) is 0 Å². The van der Waals surface area contributed by atoms with E-state index in [1.54, 1.807) is 0 Å². The quantitative estimate of drug-likeness (QED) is 0.586. The zero-order chi connectivity index (χ0) is 7.49. The Balaban J connectivity index is 0. The molecule has 3 nitrogen and oxygen atoms in total. The van der Waals surface area contributed by atoms with Gasteiger partial charge < -0.3 is 15.1 Å². The first-order valence-electron chi connectivity index (χ1n) is 3.48.